The predicted octanol–water partition coefficient (Wildman–Crippen LogP) is 3.94. The minimum atomic E-state index is -0.155. The van der Waals surface area contributed by atoms with E-state index in [1.807, 2.05) is 42.6 Å². The molecule has 7 nitrogen and oxygen atoms in total. The number of hydrogen-bond donors (Lipinski definition) is 2. The number of pyridine rings is 1. The van der Waals surface area contributed by atoms with E-state index in [0.717, 1.165) is 35.7 Å². The first-order valence-electron chi connectivity index (χ1n) is 10.7. The summed E-state index contributed by atoms with van der Waals surface area (Å²) in [5, 5.41) is 2.89. The average molecular weight is 428 g/mol. The molecule has 5 rings (SSSR count). The van der Waals surface area contributed by atoms with Gasteiger partial charge in [-0.1, -0.05) is 37.3 Å². The van der Waals surface area contributed by atoms with Gasteiger partial charge in [0.2, 0.25) is 0 Å². The second-order valence-corrected chi connectivity index (χ2v) is 7.93. The standard InChI is InChI=1S/C25H25N5O2/c1-2-29(13-17-6-4-3-5-7-17)15-21-25(28-23-11-9-19(26)14-30(21)23)18-8-10-22-20(12-18)27-24(31)16-32-22/h3-12,14H,2,13,15-16,26H2,1H3,(H,27,31). The number of nitrogens with two attached hydrogens (primary N) is 1. The number of nitrogen functional groups attached to an aromatic ring is 1. The number of nitrogens with one attached hydrogen (secondary N) is 1. The first kappa shape index (κ1) is 20.1. The van der Waals surface area contributed by atoms with Crippen molar-refractivity contribution in [2.75, 3.05) is 24.2 Å². The van der Waals surface area contributed by atoms with E-state index < -0.39 is 0 Å². The summed E-state index contributed by atoms with van der Waals surface area (Å²) in [5.74, 6) is 0.514. The summed E-state index contributed by atoms with van der Waals surface area (Å²) < 4.78 is 7.58. The van der Waals surface area contributed by atoms with Crippen molar-refractivity contribution >= 4 is 22.9 Å². The Kier molecular flexibility index (Phi) is 5.25. The van der Waals surface area contributed by atoms with Gasteiger partial charge in [-0.2, -0.15) is 0 Å². The van der Waals surface area contributed by atoms with Crippen LogP contribution in [0.3, 0.4) is 0 Å². The third-order valence-electron chi connectivity index (χ3n) is 5.70. The Bertz CT molecular complexity index is 1280. The van der Waals surface area contributed by atoms with E-state index in [4.69, 9.17) is 15.5 Å². The molecule has 0 saturated carbocycles. The van der Waals surface area contributed by atoms with Crippen molar-refractivity contribution < 1.29 is 9.53 Å². The molecule has 1 aliphatic heterocycles. The highest BCUT2D eigenvalue weighted by molar-refractivity contribution is 5.96. The fraction of sp³-hybridized carbons (Fsp3) is 0.200. The Balaban J connectivity index is 1.57. The third kappa shape index (κ3) is 3.90. The highest BCUT2D eigenvalue weighted by Gasteiger charge is 2.21. The van der Waals surface area contributed by atoms with Crippen LogP contribution in [0.5, 0.6) is 5.75 Å². The van der Waals surface area contributed by atoms with Gasteiger partial charge in [0.1, 0.15) is 11.4 Å². The van der Waals surface area contributed by atoms with Crippen LogP contribution in [0.25, 0.3) is 16.9 Å². The minimum absolute atomic E-state index is 0.0379. The van der Waals surface area contributed by atoms with Crippen LogP contribution in [-0.2, 0) is 17.9 Å². The van der Waals surface area contributed by atoms with Gasteiger partial charge in [-0.3, -0.25) is 9.69 Å². The number of fused-ring (bicyclic) bond motifs is 2. The lowest BCUT2D eigenvalue weighted by Gasteiger charge is -2.22. The summed E-state index contributed by atoms with van der Waals surface area (Å²) in [4.78, 5) is 19.1. The van der Waals surface area contributed by atoms with Crippen LogP contribution in [0.2, 0.25) is 0 Å². The number of anilines is 2. The maximum atomic E-state index is 11.8. The molecule has 1 aliphatic rings. The summed E-state index contributed by atoms with van der Waals surface area (Å²) in [6.07, 6.45) is 1.92. The molecule has 0 unspecified atom stereocenters. The van der Waals surface area contributed by atoms with Crippen LogP contribution >= 0.6 is 0 Å². The largest absolute Gasteiger partial charge is 0.482 e. The number of ether oxygens (including phenoxy) is 1. The van der Waals surface area contributed by atoms with Crippen molar-refractivity contribution in [1.29, 1.82) is 0 Å². The molecule has 3 heterocycles. The number of carbonyl (C=O) groups is 1. The second-order valence-electron chi connectivity index (χ2n) is 7.93. The van der Waals surface area contributed by atoms with Gasteiger partial charge in [0.05, 0.1) is 17.1 Å². The number of rotatable bonds is 6. The zero-order valence-electron chi connectivity index (χ0n) is 17.9. The molecule has 0 aliphatic carbocycles. The number of amides is 1. The van der Waals surface area contributed by atoms with E-state index in [9.17, 15) is 4.79 Å². The fourth-order valence-electron chi connectivity index (χ4n) is 4.06. The number of nitrogens with zero attached hydrogens (tertiary/aromatic N) is 3. The van der Waals surface area contributed by atoms with Crippen molar-refractivity contribution in [3.63, 3.8) is 0 Å². The molecule has 1 amide bonds. The quantitative estimate of drug-likeness (QED) is 0.487. The molecule has 0 fully saturated rings. The molecule has 2 aromatic carbocycles. The molecule has 0 bridgehead atoms. The van der Waals surface area contributed by atoms with Crippen molar-refractivity contribution in [3.05, 3.63) is 78.1 Å². The molecule has 2 aromatic heterocycles. The number of aromatic nitrogens is 2. The lowest BCUT2D eigenvalue weighted by atomic mass is 10.1. The molecule has 0 atom stereocenters. The maximum Gasteiger partial charge on any atom is 0.262 e. The van der Waals surface area contributed by atoms with Crippen molar-refractivity contribution in [2.45, 2.75) is 20.0 Å². The molecular weight excluding hydrogens is 402 g/mol. The Morgan fingerprint density at radius 2 is 1.97 bits per heavy atom. The van der Waals surface area contributed by atoms with Gasteiger partial charge >= 0.3 is 0 Å². The maximum absolute atomic E-state index is 11.8. The summed E-state index contributed by atoms with van der Waals surface area (Å²) in [5.41, 5.74) is 12.4. The summed E-state index contributed by atoms with van der Waals surface area (Å²) in [6.45, 7) is 4.62. The predicted molar refractivity (Wildman–Crippen MR) is 125 cm³/mol. The fourth-order valence-corrected chi connectivity index (χ4v) is 4.06. The number of imidazole rings is 1. The van der Waals surface area contributed by atoms with Gasteiger partial charge in [-0.25, -0.2) is 4.98 Å². The first-order chi connectivity index (χ1) is 15.6. The van der Waals surface area contributed by atoms with Crippen molar-refractivity contribution in [2.24, 2.45) is 0 Å². The molecule has 0 radical (unpaired) electrons. The monoisotopic (exact) mass is 427 g/mol. The van der Waals surface area contributed by atoms with Crippen LogP contribution in [0.15, 0.2) is 66.9 Å². The third-order valence-corrected chi connectivity index (χ3v) is 5.70. The normalized spacial score (nSPS) is 13.1. The topological polar surface area (TPSA) is 84.9 Å². The highest BCUT2D eigenvalue weighted by Crippen LogP contribution is 2.34. The van der Waals surface area contributed by atoms with E-state index in [2.05, 4.69) is 45.8 Å². The lowest BCUT2D eigenvalue weighted by molar-refractivity contribution is -0.118. The highest BCUT2D eigenvalue weighted by atomic mass is 16.5. The van der Waals surface area contributed by atoms with Gasteiger partial charge in [0, 0.05) is 30.5 Å². The molecule has 3 N–H and O–H groups in total. The van der Waals surface area contributed by atoms with Crippen molar-refractivity contribution in [1.82, 2.24) is 14.3 Å². The molecule has 0 spiro atoms. The molecular formula is C25H25N5O2. The van der Waals surface area contributed by atoms with Gasteiger partial charge in [0.25, 0.3) is 5.91 Å². The van der Waals surface area contributed by atoms with Crippen LogP contribution in [-0.4, -0.2) is 33.3 Å². The first-order valence-corrected chi connectivity index (χ1v) is 10.7. The smallest absolute Gasteiger partial charge is 0.262 e. The van der Waals surface area contributed by atoms with Gasteiger partial charge in [-0.05, 0) is 42.4 Å². The summed E-state index contributed by atoms with van der Waals surface area (Å²) >= 11 is 0. The van der Waals surface area contributed by atoms with Crippen molar-refractivity contribution in [3.8, 4) is 17.0 Å². The lowest BCUT2D eigenvalue weighted by Crippen LogP contribution is -2.25. The molecule has 7 heteroatoms. The van der Waals surface area contributed by atoms with Crippen LogP contribution in [0, 0.1) is 0 Å². The molecule has 0 saturated heterocycles. The zero-order chi connectivity index (χ0) is 22.1. The Hall–Kier alpha value is -3.84. The molecule has 32 heavy (non-hydrogen) atoms. The Morgan fingerprint density at radius 3 is 2.78 bits per heavy atom. The Labute approximate surface area is 186 Å². The van der Waals surface area contributed by atoms with Crippen LogP contribution in [0.4, 0.5) is 11.4 Å². The molecule has 162 valence electrons. The second kappa shape index (κ2) is 8.36. The van der Waals surface area contributed by atoms with Crippen LogP contribution < -0.4 is 15.8 Å². The van der Waals surface area contributed by atoms with Gasteiger partial charge in [-0.15, -0.1) is 0 Å². The van der Waals surface area contributed by atoms with Gasteiger partial charge < -0.3 is 20.2 Å². The summed E-state index contributed by atoms with van der Waals surface area (Å²) in [7, 11) is 0. The van der Waals surface area contributed by atoms with Crippen LogP contribution in [0.1, 0.15) is 18.2 Å². The zero-order valence-corrected chi connectivity index (χ0v) is 17.9. The summed E-state index contributed by atoms with van der Waals surface area (Å²) in [6, 6.07) is 20.0. The minimum Gasteiger partial charge on any atom is -0.482 e. The van der Waals surface area contributed by atoms with E-state index in [-0.39, 0.29) is 12.5 Å². The van der Waals surface area contributed by atoms with E-state index in [1.165, 1.54) is 5.56 Å². The van der Waals surface area contributed by atoms with E-state index >= 15 is 0 Å². The van der Waals surface area contributed by atoms with E-state index in [1.54, 1.807) is 0 Å². The average Bonchev–Trinajstić information content (AvgIpc) is 3.16. The number of benzene rings is 2. The van der Waals surface area contributed by atoms with E-state index in [0.29, 0.717) is 23.7 Å². The SMILES string of the molecule is CCN(Cc1ccccc1)Cc1c(-c2ccc3c(c2)NC(=O)CO3)nc2ccc(N)cn12. The Morgan fingerprint density at radius 1 is 1.12 bits per heavy atom. The molecule has 4 aromatic rings. The number of carbonyl (C=O) groups excluding carboxylic acids is 1. The number of hydrogen-bond acceptors (Lipinski definition) is 5. The van der Waals surface area contributed by atoms with Gasteiger partial charge in [0.15, 0.2) is 6.61 Å².